The van der Waals surface area contributed by atoms with E-state index in [9.17, 15) is 4.79 Å². The summed E-state index contributed by atoms with van der Waals surface area (Å²) in [6, 6.07) is 8.26. The molecular weight excluding hydrogens is 260 g/mol. The minimum absolute atomic E-state index is 0.0347. The van der Waals surface area contributed by atoms with Crippen molar-refractivity contribution in [3.05, 3.63) is 29.8 Å². The SMILES string of the molecule is CCc1ccc(N(C)C(=O)CC2(CN)CCCCC2)cc1. The Morgan fingerprint density at radius 1 is 1.19 bits per heavy atom. The lowest BCUT2D eigenvalue weighted by Crippen LogP contribution is -2.39. The van der Waals surface area contributed by atoms with Gasteiger partial charge in [0.05, 0.1) is 0 Å². The van der Waals surface area contributed by atoms with Crippen molar-refractivity contribution in [3.8, 4) is 0 Å². The fraction of sp³-hybridized carbons (Fsp3) is 0.611. The second kappa shape index (κ2) is 7.08. The topological polar surface area (TPSA) is 46.3 Å². The van der Waals surface area contributed by atoms with Crippen LogP contribution in [0.1, 0.15) is 51.0 Å². The number of rotatable bonds is 5. The number of hydrogen-bond acceptors (Lipinski definition) is 2. The van der Waals surface area contributed by atoms with E-state index < -0.39 is 0 Å². The summed E-state index contributed by atoms with van der Waals surface area (Å²) in [4.78, 5) is 14.4. The summed E-state index contributed by atoms with van der Waals surface area (Å²) in [5.74, 6) is 0.187. The summed E-state index contributed by atoms with van der Waals surface area (Å²) in [5.41, 5.74) is 8.30. The molecule has 0 heterocycles. The average molecular weight is 288 g/mol. The number of carbonyl (C=O) groups is 1. The Labute approximate surface area is 128 Å². The van der Waals surface area contributed by atoms with Gasteiger partial charge in [-0.15, -0.1) is 0 Å². The number of nitrogens with zero attached hydrogens (tertiary/aromatic N) is 1. The molecule has 1 fully saturated rings. The Morgan fingerprint density at radius 3 is 2.33 bits per heavy atom. The number of aryl methyl sites for hydroxylation is 1. The van der Waals surface area contributed by atoms with E-state index in [0.717, 1.165) is 24.9 Å². The first-order valence-electron chi connectivity index (χ1n) is 8.16. The zero-order valence-electron chi connectivity index (χ0n) is 13.4. The summed E-state index contributed by atoms with van der Waals surface area (Å²) in [6.45, 7) is 2.76. The number of carbonyl (C=O) groups excluding carboxylic acids is 1. The number of anilines is 1. The third-order valence-electron chi connectivity index (χ3n) is 4.98. The molecule has 1 aromatic carbocycles. The van der Waals surface area contributed by atoms with Gasteiger partial charge < -0.3 is 10.6 Å². The minimum atomic E-state index is 0.0347. The van der Waals surface area contributed by atoms with Crippen molar-refractivity contribution in [2.24, 2.45) is 11.1 Å². The minimum Gasteiger partial charge on any atom is -0.330 e. The van der Waals surface area contributed by atoms with Crippen LogP contribution in [0, 0.1) is 5.41 Å². The largest absolute Gasteiger partial charge is 0.330 e. The van der Waals surface area contributed by atoms with Crippen molar-refractivity contribution in [2.45, 2.75) is 51.9 Å². The van der Waals surface area contributed by atoms with Crippen molar-refractivity contribution in [1.82, 2.24) is 0 Å². The molecule has 0 spiro atoms. The van der Waals surface area contributed by atoms with Crippen LogP contribution in [0.2, 0.25) is 0 Å². The number of amides is 1. The predicted octanol–water partition coefficient (Wildman–Crippen LogP) is 3.51. The van der Waals surface area contributed by atoms with Crippen molar-refractivity contribution in [2.75, 3.05) is 18.5 Å². The molecular formula is C18H28N2O. The van der Waals surface area contributed by atoms with E-state index in [0.29, 0.717) is 13.0 Å². The molecule has 3 nitrogen and oxygen atoms in total. The van der Waals surface area contributed by atoms with Gasteiger partial charge in [0.1, 0.15) is 0 Å². The molecule has 21 heavy (non-hydrogen) atoms. The van der Waals surface area contributed by atoms with Gasteiger partial charge in [-0.2, -0.15) is 0 Å². The van der Waals surface area contributed by atoms with E-state index in [1.807, 2.05) is 19.2 Å². The van der Waals surface area contributed by atoms with Crippen LogP contribution in [0.4, 0.5) is 5.69 Å². The van der Waals surface area contributed by atoms with Crippen molar-refractivity contribution >= 4 is 11.6 Å². The van der Waals surface area contributed by atoms with Crippen LogP contribution in [0.5, 0.6) is 0 Å². The van der Waals surface area contributed by atoms with E-state index in [4.69, 9.17) is 5.73 Å². The van der Waals surface area contributed by atoms with Crippen LogP contribution in [0.15, 0.2) is 24.3 Å². The molecule has 0 bridgehead atoms. The van der Waals surface area contributed by atoms with Crippen molar-refractivity contribution in [1.29, 1.82) is 0 Å². The highest BCUT2D eigenvalue weighted by Crippen LogP contribution is 2.39. The number of nitrogens with two attached hydrogens (primary N) is 1. The van der Waals surface area contributed by atoms with Gasteiger partial charge in [-0.3, -0.25) is 4.79 Å². The van der Waals surface area contributed by atoms with Crippen LogP contribution in [-0.2, 0) is 11.2 Å². The summed E-state index contributed by atoms with van der Waals surface area (Å²) in [6.07, 6.45) is 7.49. The highest BCUT2D eigenvalue weighted by molar-refractivity contribution is 5.93. The molecule has 116 valence electrons. The van der Waals surface area contributed by atoms with Gasteiger partial charge in [0.25, 0.3) is 0 Å². The van der Waals surface area contributed by atoms with Gasteiger partial charge in [-0.1, -0.05) is 38.3 Å². The third-order valence-corrected chi connectivity index (χ3v) is 4.98. The summed E-state index contributed by atoms with van der Waals surface area (Å²) in [7, 11) is 1.87. The van der Waals surface area contributed by atoms with Crippen molar-refractivity contribution < 1.29 is 4.79 Å². The van der Waals surface area contributed by atoms with Crippen LogP contribution in [-0.4, -0.2) is 19.5 Å². The Bertz CT molecular complexity index is 461. The second-order valence-corrected chi connectivity index (χ2v) is 6.41. The van der Waals surface area contributed by atoms with Gasteiger partial charge >= 0.3 is 0 Å². The van der Waals surface area contributed by atoms with Crippen LogP contribution in [0.25, 0.3) is 0 Å². The molecule has 0 aromatic heterocycles. The Morgan fingerprint density at radius 2 is 1.81 bits per heavy atom. The van der Waals surface area contributed by atoms with Gasteiger partial charge in [0.2, 0.25) is 5.91 Å². The molecule has 0 atom stereocenters. The fourth-order valence-corrected chi connectivity index (χ4v) is 3.29. The lowest BCUT2D eigenvalue weighted by Gasteiger charge is -2.36. The van der Waals surface area contributed by atoms with Crippen LogP contribution < -0.4 is 10.6 Å². The van der Waals surface area contributed by atoms with E-state index >= 15 is 0 Å². The van der Waals surface area contributed by atoms with Gasteiger partial charge in [-0.25, -0.2) is 0 Å². The molecule has 0 aliphatic heterocycles. The van der Waals surface area contributed by atoms with Gasteiger partial charge in [0, 0.05) is 19.2 Å². The van der Waals surface area contributed by atoms with Crippen LogP contribution >= 0.6 is 0 Å². The summed E-state index contributed by atoms with van der Waals surface area (Å²) in [5, 5.41) is 0. The van der Waals surface area contributed by atoms with Crippen LogP contribution in [0.3, 0.4) is 0 Å². The average Bonchev–Trinajstić information content (AvgIpc) is 2.55. The number of hydrogen-bond donors (Lipinski definition) is 1. The molecule has 0 unspecified atom stereocenters. The molecule has 1 aliphatic rings. The van der Waals surface area contributed by atoms with Gasteiger partial charge in [-0.05, 0) is 48.9 Å². The Hall–Kier alpha value is -1.35. The van der Waals surface area contributed by atoms with E-state index in [1.54, 1.807) is 4.90 Å². The Balaban J connectivity index is 2.03. The fourth-order valence-electron chi connectivity index (χ4n) is 3.29. The lowest BCUT2D eigenvalue weighted by atomic mass is 9.71. The molecule has 1 aliphatic carbocycles. The smallest absolute Gasteiger partial charge is 0.227 e. The van der Waals surface area contributed by atoms with E-state index in [1.165, 1.54) is 24.8 Å². The van der Waals surface area contributed by atoms with E-state index in [-0.39, 0.29) is 11.3 Å². The lowest BCUT2D eigenvalue weighted by molar-refractivity contribution is -0.121. The van der Waals surface area contributed by atoms with Gasteiger partial charge in [0.15, 0.2) is 0 Å². The quantitative estimate of drug-likeness (QED) is 0.901. The zero-order valence-corrected chi connectivity index (χ0v) is 13.4. The maximum absolute atomic E-state index is 12.6. The maximum Gasteiger partial charge on any atom is 0.227 e. The zero-order chi connectivity index (χ0) is 15.3. The third kappa shape index (κ3) is 3.85. The first-order valence-corrected chi connectivity index (χ1v) is 8.16. The molecule has 2 rings (SSSR count). The highest BCUT2D eigenvalue weighted by atomic mass is 16.2. The molecule has 1 aromatic rings. The molecule has 3 heteroatoms. The number of benzene rings is 1. The summed E-state index contributed by atoms with van der Waals surface area (Å²) >= 11 is 0. The highest BCUT2D eigenvalue weighted by Gasteiger charge is 2.34. The molecule has 0 radical (unpaired) electrons. The molecule has 0 saturated heterocycles. The summed E-state index contributed by atoms with van der Waals surface area (Å²) < 4.78 is 0. The molecule has 1 saturated carbocycles. The predicted molar refractivity (Wildman–Crippen MR) is 88.4 cm³/mol. The monoisotopic (exact) mass is 288 g/mol. The second-order valence-electron chi connectivity index (χ2n) is 6.41. The molecule has 2 N–H and O–H groups in total. The molecule has 1 amide bonds. The first-order chi connectivity index (χ1) is 10.1. The Kier molecular flexibility index (Phi) is 5.40. The van der Waals surface area contributed by atoms with Crippen molar-refractivity contribution in [3.63, 3.8) is 0 Å². The normalized spacial score (nSPS) is 17.5. The first kappa shape index (κ1) is 16.0. The maximum atomic E-state index is 12.6. The van der Waals surface area contributed by atoms with E-state index in [2.05, 4.69) is 19.1 Å². The standard InChI is InChI=1S/C18H28N2O/c1-3-15-7-9-16(10-8-15)20(2)17(21)13-18(14-19)11-5-4-6-12-18/h7-10H,3-6,11-14,19H2,1-2H3.